The van der Waals surface area contributed by atoms with E-state index in [-0.39, 0.29) is 5.03 Å². The molecule has 0 aliphatic heterocycles. The molecule has 0 saturated carbocycles. The first-order valence-electron chi connectivity index (χ1n) is 6.47. The van der Waals surface area contributed by atoms with Crippen molar-refractivity contribution in [2.45, 2.75) is 38.6 Å². The van der Waals surface area contributed by atoms with Crippen LogP contribution in [0.1, 0.15) is 31.7 Å². The summed E-state index contributed by atoms with van der Waals surface area (Å²) in [5.41, 5.74) is 1.58. The molecule has 2 heterocycles. The zero-order valence-corrected chi connectivity index (χ0v) is 12.3. The second-order valence-corrected chi connectivity index (χ2v) is 6.18. The second kappa shape index (κ2) is 5.30. The SMILES string of the molecule is CCCc1nc(S(=O)(=O)NCC)c2c(C)cccn12. The summed E-state index contributed by atoms with van der Waals surface area (Å²) in [6, 6.07) is 3.81. The molecule has 5 nitrogen and oxygen atoms in total. The molecule has 1 N–H and O–H groups in total. The summed E-state index contributed by atoms with van der Waals surface area (Å²) in [6.45, 7) is 6.07. The number of hydrogen-bond acceptors (Lipinski definition) is 3. The topological polar surface area (TPSA) is 63.5 Å². The lowest BCUT2D eigenvalue weighted by atomic mass is 10.2. The van der Waals surface area contributed by atoms with Crippen molar-refractivity contribution in [3.63, 3.8) is 0 Å². The average molecular weight is 281 g/mol. The van der Waals surface area contributed by atoms with Gasteiger partial charge in [-0.25, -0.2) is 18.1 Å². The van der Waals surface area contributed by atoms with Crippen molar-refractivity contribution in [3.8, 4) is 0 Å². The lowest BCUT2D eigenvalue weighted by Gasteiger charge is -2.04. The van der Waals surface area contributed by atoms with Gasteiger partial charge in [-0.05, 0) is 25.0 Å². The molecule has 0 radical (unpaired) electrons. The Morgan fingerprint density at radius 2 is 2.11 bits per heavy atom. The van der Waals surface area contributed by atoms with Gasteiger partial charge in [-0.3, -0.25) is 0 Å². The van der Waals surface area contributed by atoms with Crippen LogP contribution in [0.15, 0.2) is 23.4 Å². The van der Waals surface area contributed by atoms with Crippen molar-refractivity contribution in [1.29, 1.82) is 0 Å². The van der Waals surface area contributed by atoms with E-state index in [1.54, 1.807) is 6.92 Å². The number of aryl methyl sites for hydroxylation is 2. The molecule has 0 bridgehead atoms. The third kappa shape index (κ3) is 2.50. The Hall–Kier alpha value is -1.40. The number of fused-ring (bicyclic) bond motifs is 1. The summed E-state index contributed by atoms with van der Waals surface area (Å²) < 4.78 is 28.8. The van der Waals surface area contributed by atoms with E-state index in [9.17, 15) is 8.42 Å². The highest BCUT2D eigenvalue weighted by atomic mass is 32.2. The molecule has 0 aromatic carbocycles. The molecule has 2 aromatic rings. The third-order valence-electron chi connectivity index (χ3n) is 2.97. The maximum Gasteiger partial charge on any atom is 0.260 e. The number of nitrogens with zero attached hydrogens (tertiary/aromatic N) is 2. The van der Waals surface area contributed by atoms with Gasteiger partial charge >= 0.3 is 0 Å². The quantitative estimate of drug-likeness (QED) is 0.910. The normalized spacial score (nSPS) is 12.2. The Bertz CT molecular complexity index is 689. The summed E-state index contributed by atoms with van der Waals surface area (Å²) in [7, 11) is -3.54. The highest BCUT2D eigenvalue weighted by Gasteiger charge is 2.23. The molecule has 19 heavy (non-hydrogen) atoms. The van der Waals surface area contributed by atoms with E-state index in [1.807, 2.05) is 29.7 Å². The van der Waals surface area contributed by atoms with Crippen LogP contribution in [-0.4, -0.2) is 24.3 Å². The van der Waals surface area contributed by atoms with Gasteiger partial charge in [-0.1, -0.05) is 19.9 Å². The van der Waals surface area contributed by atoms with Gasteiger partial charge in [-0.15, -0.1) is 0 Å². The molecule has 0 unspecified atom stereocenters. The van der Waals surface area contributed by atoms with Crippen LogP contribution in [0.5, 0.6) is 0 Å². The molecule has 0 amide bonds. The number of sulfonamides is 1. The van der Waals surface area contributed by atoms with E-state index in [2.05, 4.69) is 16.6 Å². The number of rotatable bonds is 5. The van der Waals surface area contributed by atoms with E-state index in [0.29, 0.717) is 12.1 Å². The predicted molar refractivity (Wildman–Crippen MR) is 74.8 cm³/mol. The zero-order valence-electron chi connectivity index (χ0n) is 11.5. The highest BCUT2D eigenvalue weighted by molar-refractivity contribution is 7.89. The molecule has 0 aliphatic rings. The average Bonchev–Trinajstić information content (AvgIpc) is 2.71. The monoisotopic (exact) mass is 281 g/mol. The maximum absolute atomic E-state index is 12.2. The molecule has 2 rings (SSSR count). The van der Waals surface area contributed by atoms with Crippen LogP contribution in [-0.2, 0) is 16.4 Å². The van der Waals surface area contributed by atoms with Crippen LogP contribution in [0.25, 0.3) is 5.52 Å². The first-order chi connectivity index (χ1) is 9.01. The van der Waals surface area contributed by atoms with E-state index in [0.717, 1.165) is 24.2 Å². The van der Waals surface area contributed by atoms with Gasteiger partial charge in [0.1, 0.15) is 5.82 Å². The number of pyridine rings is 1. The maximum atomic E-state index is 12.2. The van der Waals surface area contributed by atoms with Crippen molar-refractivity contribution in [2.24, 2.45) is 0 Å². The number of nitrogens with one attached hydrogen (secondary N) is 1. The molecule has 0 atom stereocenters. The van der Waals surface area contributed by atoms with Crippen molar-refractivity contribution in [1.82, 2.24) is 14.1 Å². The Balaban J connectivity index is 2.74. The molecule has 0 aliphatic carbocycles. The van der Waals surface area contributed by atoms with Crippen LogP contribution in [0, 0.1) is 6.92 Å². The minimum absolute atomic E-state index is 0.135. The number of aromatic nitrogens is 2. The zero-order chi connectivity index (χ0) is 14.0. The van der Waals surface area contributed by atoms with E-state index in [4.69, 9.17) is 0 Å². The largest absolute Gasteiger partial charge is 0.302 e. The molecule has 0 fully saturated rings. The first kappa shape index (κ1) is 14.0. The van der Waals surface area contributed by atoms with Gasteiger partial charge in [0.25, 0.3) is 10.0 Å². The van der Waals surface area contributed by atoms with Crippen molar-refractivity contribution >= 4 is 15.5 Å². The van der Waals surface area contributed by atoms with Crippen molar-refractivity contribution in [3.05, 3.63) is 29.7 Å². The van der Waals surface area contributed by atoms with Gasteiger partial charge in [0.05, 0.1) is 5.52 Å². The first-order valence-corrected chi connectivity index (χ1v) is 7.95. The Kier molecular flexibility index (Phi) is 3.91. The summed E-state index contributed by atoms with van der Waals surface area (Å²) in [5, 5.41) is 0.135. The summed E-state index contributed by atoms with van der Waals surface area (Å²) in [6.07, 6.45) is 3.55. The van der Waals surface area contributed by atoms with Crippen LogP contribution < -0.4 is 4.72 Å². The second-order valence-electron chi connectivity index (χ2n) is 4.49. The molecule has 2 aromatic heterocycles. The van der Waals surface area contributed by atoms with Gasteiger partial charge in [0.2, 0.25) is 0 Å². The van der Waals surface area contributed by atoms with Gasteiger partial charge in [0, 0.05) is 19.2 Å². The summed E-state index contributed by atoms with van der Waals surface area (Å²) in [4.78, 5) is 4.34. The minimum Gasteiger partial charge on any atom is -0.302 e. The Morgan fingerprint density at radius 3 is 2.74 bits per heavy atom. The Labute approximate surface area is 113 Å². The van der Waals surface area contributed by atoms with Gasteiger partial charge in [0.15, 0.2) is 5.03 Å². The highest BCUT2D eigenvalue weighted by Crippen LogP contribution is 2.22. The summed E-state index contributed by atoms with van der Waals surface area (Å²) >= 11 is 0. The molecule has 104 valence electrons. The lowest BCUT2D eigenvalue weighted by molar-refractivity contribution is 0.581. The smallest absolute Gasteiger partial charge is 0.260 e. The third-order valence-corrected chi connectivity index (χ3v) is 4.43. The fourth-order valence-corrected chi connectivity index (χ4v) is 3.43. The summed E-state index contributed by atoms with van der Waals surface area (Å²) in [5.74, 6) is 0.790. The Morgan fingerprint density at radius 1 is 1.37 bits per heavy atom. The number of imidazole rings is 1. The fraction of sp³-hybridized carbons (Fsp3) is 0.462. The molecular weight excluding hydrogens is 262 g/mol. The van der Waals surface area contributed by atoms with Crippen molar-refractivity contribution in [2.75, 3.05) is 6.54 Å². The van der Waals surface area contributed by atoms with Gasteiger partial charge < -0.3 is 4.40 Å². The van der Waals surface area contributed by atoms with Gasteiger partial charge in [-0.2, -0.15) is 0 Å². The van der Waals surface area contributed by atoms with E-state index >= 15 is 0 Å². The molecule has 0 saturated heterocycles. The van der Waals surface area contributed by atoms with Crippen LogP contribution in [0.2, 0.25) is 0 Å². The van der Waals surface area contributed by atoms with E-state index < -0.39 is 10.0 Å². The lowest BCUT2D eigenvalue weighted by Crippen LogP contribution is -2.23. The van der Waals surface area contributed by atoms with Crippen LogP contribution in [0.3, 0.4) is 0 Å². The van der Waals surface area contributed by atoms with Crippen molar-refractivity contribution < 1.29 is 8.42 Å². The molecular formula is C13H19N3O2S. The minimum atomic E-state index is -3.54. The van der Waals surface area contributed by atoms with E-state index in [1.165, 1.54) is 0 Å². The number of hydrogen-bond donors (Lipinski definition) is 1. The molecule has 0 spiro atoms. The van der Waals surface area contributed by atoms with Crippen LogP contribution in [0.4, 0.5) is 0 Å². The molecule has 6 heteroatoms. The van der Waals surface area contributed by atoms with Crippen LogP contribution >= 0.6 is 0 Å². The fourth-order valence-electron chi connectivity index (χ4n) is 2.17. The predicted octanol–water partition coefficient (Wildman–Crippen LogP) is 1.89. The standard InChI is InChI=1S/C13H19N3O2S/c1-4-7-11-15-13(19(17,18)14-5-2)12-10(3)8-6-9-16(11)12/h6,8-9,14H,4-5,7H2,1-3H3.